The zero-order chi connectivity index (χ0) is 20.0. The van der Waals surface area contributed by atoms with Crippen LogP contribution in [0.15, 0.2) is 24.3 Å². The van der Waals surface area contributed by atoms with Crippen molar-refractivity contribution in [1.82, 2.24) is 16.0 Å². The Labute approximate surface area is 162 Å². The van der Waals surface area contributed by atoms with E-state index in [9.17, 15) is 19.2 Å². The number of ether oxygens (including phenoxy) is 1. The molecule has 146 valence electrons. The Hall–Kier alpha value is -2.61. The highest BCUT2D eigenvalue weighted by Gasteiger charge is 2.28. The van der Waals surface area contributed by atoms with Crippen LogP contribution in [-0.2, 0) is 14.3 Å². The van der Waals surface area contributed by atoms with Crippen molar-refractivity contribution in [3.63, 3.8) is 0 Å². The molecule has 0 aliphatic heterocycles. The minimum atomic E-state index is -0.970. The number of nitrogens with one attached hydrogen (secondary N) is 3. The summed E-state index contributed by atoms with van der Waals surface area (Å²) in [6, 6.07) is 4.95. The number of hydrogen-bond donors (Lipinski definition) is 3. The van der Waals surface area contributed by atoms with E-state index in [2.05, 4.69) is 16.0 Å². The zero-order valence-corrected chi connectivity index (χ0v) is 15.8. The maximum absolute atomic E-state index is 12.3. The van der Waals surface area contributed by atoms with Gasteiger partial charge in [0, 0.05) is 6.04 Å². The third-order valence-corrected chi connectivity index (χ3v) is 4.17. The van der Waals surface area contributed by atoms with Crippen LogP contribution < -0.4 is 16.0 Å². The summed E-state index contributed by atoms with van der Waals surface area (Å²) >= 11 is 5.99. The molecule has 4 amide bonds. The van der Waals surface area contributed by atoms with Gasteiger partial charge in [-0.05, 0) is 30.9 Å². The first-order valence-electron chi connectivity index (χ1n) is 8.60. The summed E-state index contributed by atoms with van der Waals surface area (Å²) in [6.07, 6.45) is 1.77. The summed E-state index contributed by atoms with van der Waals surface area (Å²) in [7, 11) is 0. The number of amides is 4. The number of carbonyl (C=O) groups excluding carboxylic acids is 4. The van der Waals surface area contributed by atoms with Crippen LogP contribution in [-0.4, -0.2) is 42.5 Å². The van der Waals surface area contributed by atoms with Gasteiger partial charge in [0.2, 0.25) is 0 Å². The van der Waals surface area contributed by atoms with Crippen LogP contribution >= 0.6 is 11.6 Å². The van der Waals surface area contributed by atoms with E-state index in [4.69, 9.17) is 16.3 Å². The molecule has 0 saturated heterocycles. The number of carbonyl (C=O) groups is 4. The van der Waals surface area contributed by atoms with Crippen LogP contribution in [0.5, 0.6) is 0 Å². The van der Waals surface area contributed by atoms with Gasteiger partial charge in [-0.2, -0.15) is 0 Å². The van der Waals surface area contributed by atoms with Crippen molar-refractivity contribution in [3.8, 4) is 0 Å². The van der Waals surface area contributed by atoms with Gasteiger partial charge in [0.25, 0.3) is 11.8 Å². The summed E-state index contributed by atoms with van der Waals surface area (Å²) in [5.74, 6) is -2.33. The second-order valence-corrected chi connectivity index (χ2v) is 6.99. The molecule has 0 radical (unpaired) electrons. The lowest BCUT2D eigenvalue weighted by molar-refractivity contribution is -0.151. The molecule has 1 atom stereocenters. The number of urea groups is 1. The molecule has 3 N–H and O–H groups in total. The fourth-order valence-electron chi connectivity index (χ4n) is 2.20. The van der Waals surface area contributed by atoms with E-state index in [1.54, 1.807) is 32.0 Å². The largest absolute Gasteiger partial charge is 0.454 e. The fraction of sp³-hybridized carbons (Fsp3) is 0.444. The third kappa shape index (κ3) is 6.56. The van der Waals surface area contributed by atoms with E-state index in [0.717, 1.165) is 12.8 Å². The zero-order valence-electron chi connectivity index (χ0n) is 15.1. The van der Waals surface area contributed by atoms with Gasteiger partial charge in [-0.15, -0.1) is 0 Å². The quantitative estimate of drug-likeness (QED) is 0.607. The van der Waals surface area contributed by atoms with Gasteiger partial charge >= 0.3 is 12.0 Å². The van der Waals surface area contributed by atoms with Crippen LogP contribution in [0.25, 0.3) is 0 Å². The van der Waals surface area contributed by atoms with Gasteiger partial charge in [0.1, 0.15) is 6.04 Å². The van der Waals surface area contributed by atoms with E-state index in [-0.39, 0.29) is 22.5 Å². The lowest BCUT2D eigenvalue weighted by Gasteiger charge is -2.21. The Morgan fingerprint density at radius 3 is 2.44 bits per heavy atom. The van der Waals surface area contributed by atoms with Crippen LogP contribution in [0.3, 0.4) is 0 Å². The number of imide groups is 1. The van der Waals surface area contributed by atoms with Crippen molar-refractivity contribution in [1.29, 1.82) is 0 Å². The van der Waals surface area contributed by atoms with E-state index >= 15 is 0 Å². The number of halogens is 1. The third-order valence-electron chi connectivity index (χ3n) is 3.84. The molecule has 0 unspecified atom stereocenters. The van der Waals surface area contributed by atoms with E-state index in [1.807, 2.05) is 0 Å². The average molecular weight is 396 g/mol. The monoisotopic (exact) mass is 395 g/mol. The lowest BCUT2D eigenvalue weighted by atomic mass is 10.0. The van der Waals surface area contributed by atoms with E-state index < -0.39 is 36.5 Å². The number of benzene rings is 1. The summed E-state index contributed by atoms with van der Waals surface area (Å²) in [5, 5.41) is 7.48. The molecule has 1 aliphatic rings. The first-order valence-corrected chi connectivity index (χ1v) is 8.98. The van der Waals surface area contributed by atoms with Gasteiger partial charge in [-0.25, -0.2) is 9.59 Å². The average Bonchev–Trinajstić information content (AvgIpc) is 3.41. The van der Waals surface area contributed by atoms with Crippen molar-refractivity contribution >= 4 is 35.4 Å². The topological polar surface area (TPSA) is 114 Å². The minimum Gasteiger partial charge on any atom is -0.454 e. The van der Waals surface area contributed by atoms with E-state index in [1.165, 1.54) is 6.07 Å². The SMILES string of the molecule is CC(C)[C@H](NC(=O)c1ccccc1Cl)C(=O)OCC(=O)NC(=O)NC1CC1. The standard InChI is InChI=1S/C18H22ClN3O5/c1-10(2)15(22-16(24)12-5-3-4-6-13(12)19)17(25)27-9-14(23)21-18(26)20-11-7-8-11/h3-6,10-11,15H,7-9H2,1-2H3,(H,22,24)(H2,20,21,23,26)/t15-/m0/s1. The first kappa shape index (κ1) is 20.7. The van der Waals surface area contributed by atoms with Crippen LogP contribution in [0.1, 0.15) is 37.0 Å². The Bertz CT molecular complexity index is 733. The molecule has 9 heteroatoms. The molecule has 8 nitrogen and oxygen atoms in total. The fourth-order valence-corrected chi connectivity index (χ4v) is 2.42. The highest BCUT2D eigenvalue weighted by molar-refractivity contribution is 6.33. The predicted molar refractivity (Wildman–Crippen MR) is 98.2 cm³/mol. The Morgan fingerprint density at radius 2 is 1.85 bits per heavy atom. The van der Waals surface area contributed by atoms with E-state index in [0.29, 0.717) is 0 Å². The Kier molecular flexibility index (Phi) is 7.18. The molecular weight excluding hydrogens is 374 g/mol. The summed E-state index contributed by atoms with van der Waals surface area (Å²) in [5.41, 5.74) is 0.229. The smallest absolute Gasteiger partial charge is 0.329 e. The van der Waals surface area contributed by atoms with Crippen molar-refractivity contribution in [2.75, 3.05) is 6.61 Å². The number of rotatable bonds is 7. The van der Waals surface area contributed by atoms with Crippen molar-refractivity contribution in [2.45, 2.75) is 38.8 Å². The summed E-state index contributed by atoms with van der Waals surface area (Å²) in [6.45, 7) is 2.83. The van der Waals surface area contributed by atoms with Crippen LogP contribution in [0, 0.1) is 5.92 Å². The Balaban J connectivity index is 1.86. The normalized spacial score (nSPS) is 14.2. The molecule has 0 heterocycles. The molecule has 0 spiro atoms. The van der Waals surface area contributed by atoms with Gasteiger partial charge in [0.05, 0.1) is 10.6 Å². The molecule has 1 aromatic rings. The van der Waals surface area contributed by atoms with Gasteiger partial charge in [-0.1, -0.05) is 37.6 Å². The number of hydrogen-bond acceptors (Lipinski definition) is 5. The summed E-state index contributed by atoms with van der Waals surface area (Å²) in [4.78, 5) is 47.8. The highest BCUT2D eigenvalue weighted by atomic mass is 35.5. The van der Waals surface area contributed by atoms with Gasteiger partial charge in [0.15, 0.2) is 6.61 Å². The first-order chi connectivity index (χ1) is 12.8. The maximum atomic E-state index is 12.3. The number of esters is 1. The van der Waals surface area contributed by atoms with Crippen LogP contribution in [0.4, 0.5) is 4.79 Å². The summed E-state index contributed by atoms with van der Waals surface area (Å²) < 4.78 is 4.94. The van der Waals surface area contributed by atoms with Crippen molar-refractivity contribution in [2.24, 2.45) is 5.92 Å². The molecular formula is C18H22ClN3O5. The van der Waals surface area contributed by atoms with Gasteiger partial charge < -0.3 is 15.4 Å². The van der Waals surface area contributed by atoms with Gasteiger partial charge in [-0.3, -0.25) is 14.9 Å². The molecule has 0 bridgehead atoms. The second kappa shape index (κ2) is 9.36. The molecule has 27 heavy (non-hydrogen) atoms. The molecule has 1 aliphatic carbocycles. The molecule has 1 fully saturated rings. The highest BCUT2D eigenvalue weighted by Crippen LogP contribution is 2.18. The van der Waals surface area contributed by atoms with Crippen LogP contribution in [0.2, 0.25) is 5.02 Å². The molecule has 0 aromatic heterocycles. The predicted octanol–water partition coefficient (Wildman–Crippen LogP) is 1.63. The van der Waals surface area contributed by atoms with Crippen molar-refractivity contribution < 1.29 is 23.9 Å². The minimum absolute atomic E-state index is 0.102. The molecule has 1 saturated carbocycles. The molecule has 2 rings (SSSR count). The lowest BCUT2D eigenvalue weighted by Crippen LogP contribution is -2.47. The van der Waals surface area contributed by atoms with Crippen molar-refractivity contribution in [3.05, 3.63) is 34.9 Å². The molecule has 1 aromatic carbocycles. The Morgan fingerprint density at radius 1 is 1.19 bits per heavy atom. The second-order valence-electron chi connectivity index (χ2n) is 6.58. The maximum Gasteiger partial charge on any atom is 0.329 e.